The molecule has 0 saturated heterocycles. The summed E-state index contributed by atoms with van der Waals surface area (Å²) in [6.07, 6.45) is 1.13. The number of carbonyl (C=O) groups is 1. The fourth-order valence-electron chi connectivity index (χ4n) is 1.41. The van der Waals surface area contributed by atoms with Gasteiger partial charge in [0, 0.05) is 13.2 Å². The predicted molar refractivity (Wildman–Crippen MR) is 68.6 cm³/mol. The van der Waals surface area contributed by atoms with Crippen molar-refractivity contribution in [1.82, 2.24) is 0 Å². The van der Waals surface area contributed by atoms with Crippen LogP contribution in [0.25, 0.3) is 0 Å². The molecule has 100 valence electrons. The van der Waals surface area contributed by atoms with Crippen LogP contribution in [0.5, 0.6) is 0 Å². The van der Waals surface area contributed by atoms with Gasteiger partial charge in [-0.15, -0.1) is 0 Å². The van der Waals surface area contributed by atoms with Crippen LogP contribution < -0.4 is 11.1 Å². The van der Waals surface area contributed by atoms with Gasteiger partial charge in [0.15, 0.2) is 0 Å². The Kier molecular flexibility index (Phi) is 6.32. The van der Waals surface area contributed by atoms with Crippen molar-refractivity contribution in [1.29, 1.82) is 0 Å². The number of amides is 1. The first kappa shape index (κ1) is 14.6. The van der Waals surface area contributed by atoms with E-state index >= 15 is 0 Å². The Hall–Kier alpha value is -1.46. The van der Waals surface area contributed by atoms with E-state index in [0.29, 0.717) is 18.8 Å². The topological polar surface area (TPSA) is 64.3 Å². The lowest BCUT2D eigenvalue weighted by Crippen LogP contribution is -2.15. The van der Waals surface area contributed by atoms with Crippen LogP contribution in [0.4, 0.5) is 10.1 Å². The standard InChI is InChI=1S/C13H19FN2O2/c1-2-6-18-7-5-13(17)16-12-4-3-10(9-15)8-11(12)14/h3-4,8H,2,5-7,9,15H2,1H3,(H,16,17). The van der Waals surface area contributed by atoms with Crippen LogP contribution >= 0.6 is 0 Å². The average Bonchev–Trinajstić information content (AvgIpc) is 2.37. The van der Waals surface area contributed by atoms with Gasteiger partial charge in [-0.3, -0.25) is 4.79 Å². The van der Waals surface area contributed by atoms with Gasteiger partial charge in [-0.05, 0) is 24.1 Å². The molecule has 1 amide bonds. The summed E-state index contributed by atoms with van der Waals surface area (Å²) in [6, 6.07) is 4.53. The molecule has 4 nitrogen and oxygen atoms in total. The predicted octanol–water partition coefficient (Wildman–Crippen LogP) is 2.04. The summed E-state index contributed by atoms with van der Waals surface area (Å²) in [5.74, 6) is -0.730. The second-order valence-electron chi connectivity index (χ2n) is 3.93. The SMILES string of the molecule is CCCOCCC(=O)Nc1ccc(CN)cc1F. The second-order valence-corrected chi connectivity index (χ2v) is 3.93. The highest BCUT2D eigenvalue weighted by Gasteiger charge is 2.07. The summed E-state index contributed by atoms with van der Waals surface area (Å²) >= 11 is 0. The number of anilines is 1. The maximum Gasteiger partial charge on any atom is 0.226 e. The first-order valence-corrected chi connectivity index (χ1v) is 6.03. The van der Waals surface area contributed by atoms with Crippen LogP contribution in [0, 0.1) is 5.82 Å². The summed E-state index contributed by atoms with van der Waals surface area (Å²) in [6.45, 7) is 3.25. The minimum absolute atomic E-state index is 0.174. The highest BCUT2D eigenvalue weighted by atomic mass is 19.1. The lowest BCUT2D eigenvalue weighted by atomic mass is 10.2. The maximum atomic E-state index is 13.5. The van der Waals surface area contributed by atoms with Gasteiger partial charge in [0.2, 0.25) is 5.91 Å². The first-order chi connectivity index (χ1) is 8.67. The number of nitrogens with two attached hydrogens (primary N) is 1. The van der Waals surface area contributed by atoms with E-state index in [0.717, 1.165) is 6.42 Å². The monoisotopic (exact) mass is 254 g/mol. The van der Waals surface area contributed by atoms with E-state index in [1.54, 1.807) is 6.07 Å². The third-order valence-corrected chi connectivity index (χ3v) is 2.37. The Morgan fingerprint density at radius 1 is 1.44 bits per heavy atom. The molecule has 0 aliphatic heterocycles. The van der Waals surface area contributed by atoms with E-state index in [-0.39, 0.29) is 24.6 Å². The number of halogens is 1. The van der Waals surface area contributed by atoms with Crippen molar-refractivity contribution < 1.29 is 13.9 Å². The minimum Gasteiger partial charge on any atom is -0.381 e. The van der Waals surface area contributed by atoms with E-state index in [1.807, 2.05) is 6.92 Å². The molecule has 0 atom stereocenters. The van der Waals surface area contributed by atoms with Crippen molar-refractivity contribution in [3.05, 3.63) is 29.6 Å². The molecule has 3 N–H and O–H groups in total. The Bertz CT molecular complexity index is 397. The third-order valence-electron chi connectivity index (χ3n) is 2.37. The maximum absolute atomic E-state index is 13.5. The largest absolute Gasteiger partial charge is 0.381 e. The van der Waals surface area contributed by atoms with Gasteiger partial charge in [-0.2, -0.15) is 0 Å². The number of nitrogens with one attached hydrogen (secondary N) is 1. The van der Waals surface area contributed by atoms with Gasteiger partial charge < -0.3 is 15.8 Å². The Morgan fingerprint density at radius 2 is 2.22 bits per heavy atom. The summed E-state index contributed by atoms with van der Waals surface area (Å²) in [5, 5.41) is 2.50. The van der Waals surface area contributed by atoms with Crippen molar-refractivity contribution >= 4 is 11.6 Å². The molecular weight excluding hydrogens is 235 g/mol. The lowest BCUT2D eigenvalue weighted by molar-refractivity contribution is -0.117. The summed E-state index contributed by atoms with van der Waals surface area (Å²) < 4.78 is 18.7. The van der Waals surface area contributed by atoms with Gasteiger partial charge in [0.05, 0.1) is 18.7 Å². The van der Waals surface area contributed by atoms with E-state index in [9.17, 15) is 9.18 Å². The summed E-state index contributed by atoms with van der Waals surface area (Å²) in [7, 11) is 0. The van der Waals surface area contributed by atoms with Gasteiger partial charge >= 0.3 is 0 Å². The molecule has 0 aromatic heterocycles. The zero-order valence-corrected chi connectivity index (χ0v) is 10.5. The minimum atomic E-state index is -0.472. The molecule has 0 heterocycles. The van der Waals surface area contributed by atoms with E-state index in [2.05, 4.69) is 5.32 Å². The van der Waals surface area contributed by atoms with E-state index in [4.69, 9.17) is 10.5 Å². The second kappa shape index (κ2) is 7.79. The van der Waals surface area contributed by atoms with Crippen molar-refractivity contribution in [2.75, 3.05) is 18.5 Å². The number of hydrogen-bond acceptors (Lipinski definition) is 3. The van der Waals surface area contributed by atoms with Crippen molar-refractivity contribution in [2.45, 2.75) is 26.3 Å². The zero-order chi connectivity index (χ0) is 13.4. The highest BCUT2D eigenvalue weighted by Crippen LogP contribution is 2.15. The average molecular weight is 254 g/mol. The molecule has 0 aliphatic rings. The van der Waals surface area contributed by atoms with Crippen molar-refractivity contribution in [2.24, 2.45) is 5.73 Å². The molecule has 0 bridgehead atoms. The molecule has 0 fully saturated rings. The van der Waals surface area contributed by atoms with Crippen LogP contribution in [0.2, 0.25) is 0 Å². The molecular formula is C13H19FN2O2. The van der Waals surface area contributed by atoms with Crippen molar-refractivity contribution in [3.63, 3.8) is 0 Å². The number of ether oxygens (including phenoxy) is 1. The number of carbonyl (C=O) groups excluding carboxylic acids is 1. The van der Waals surface area contributed by atoms with Crippen LogP contribution in [0.15, 0.2) is 18.2 Å². The fourth-order valence-corrected chi connectivity index (χ4v) is 1.41. The fraction of sp³-hybridized carbons (Fsp3) is 0.462. The molecule has 5 heteroatoms. The molecule has 0 saturated carbocycles. The Balaban J connectivity index is 2.44. The lowest BCUT2D eigenvalue weighted by Gasteiger charge is -2.07. The molecule has 0 aliphatic carbocycles. The molecule has 18 heavy (non-hydrogen) atoms. The summed E-state index contributed by atoms with van der Waals surface area (Å²) in [5.41, 5.74) is 6.26. The van der Waals surface area contributed by atoms with Crippen LogP contribution in [0.1, 0.15) is 25.3 Å². The zero-order valence-electron chi connectivity index (χ0n) is 10.5. The highest BCUT2D eigenvalue weighted by molar-refractivity contribution is 5.90. The van der Waals surface area contributed by atoms with Gasteiger partial charge in [0.1, 0.15) is 5.82 Å². The first-order valence-electron chi connectivity index (χ1n) is 6.03. The van der Waals surface area contributed by atoms with Crippen LogP contribution in [0.3, 0.4) is 0 Å². The van der Waals surface area contributed by atoms with Crippen LogP contribution in [-0.2, 0) is 16.1 Å². The quantitative estimate of drug-likeness (QED) is 0.732. The molecule has 0 radical (unpaired) electrons. The molecule has 0 unspecified atom stereocenters. The van der Waals surface area contributed by atoms with Gasteiger partial charge in [0.25, 0.3) is 0 Å². The van der Waals surface area contributed by atoms with Gasteiger partial charge in [-0.1, -0.05) is 13.0 Å². The van der Waals surface area contributed by atoms with E-state index < -0.39 is 5.82 Å². The number of benzene rings is 1. The van der Waals surface area contributed by atoms with Crippen molar-refractivity contribution in [3.8, 4) is 0 Å². The van der Waals surface area contributed by atoms with Gasteiger partial charge in [-0.25, -0.2) is 4.39 Å². The number of hydrogen-bond donors (Lipinski definition) is 2. The molecule has 0 spiro atoms. The van der Waals surface area contributed by atoms with Crippen LogP contribution in [-0.4, -0.2) is 19.1 Å². The molecule has 1 rings (SSSR count). The smallest absolute Gasteiger partial charge is 0.226 e. The Labute approximate surface area is 106 Å². The van der Waals surface area contributed by atoms with E-state index in [1.165, 1.54) is 12.1 Å². The number of rotatable bonds is 7. The Morgan fingerprint density at radius 3 is 2.83 bits per heavy atom. The third kappa shape index (κ3) is 4.81. The molecule has 1 aromatic carbocycles. The summed E-state index contributed by atoms with van der Waals surface area (Å²) in [4.78, 5) is 11.5. The normalized spacial score (nSPS) is 10.4. The molecule has 1 aromatic rings.